The number of rotatable bonds is 6. The van der Waals surface area contributed by atoms with Crippen molar-refractivity contribution < 1.29 is 4.79 Å². The van der Waals surface area contributed by atoms with Crippen LogP contribution in [-0.4, -0.2) is 35.7 Å². The Labute approximate surface area is 208 Å². The molecule has 180 valence electrons. The molecule has 0 aliphatic rings. The molecule has 0 saturated carbocycles. The minimum atomic E-state index is -0.228. The molecular weight excluding hydrogens is 452 g/mol. The smallest absolute Gasteiger partial charge is 0.273 e. The quantitative estimate of drug-likeness (QED) is 0.357. The lowest BCUT2D eigenvalue weighted by Gasteiger charge is -2.09. The number of aryl methyl sites for hydroxylation is 2. The average molecular weight is 479 g/mol. The number of anilines is 3. The minimum Gasteiger partial charge on any atom is -0.339 e. The molecule has 36 heavy (non-hydrogen) atoms. The van der Waals surface area contributed by atoms with Crippen LogP contribution in [0.4, 0.5) is 17.2 Å². The van der Waals surface area contributed by atoms with E-state index >= 15 is 0 Å². The number of carbonyl (C=O) groups excluding carboxylic acids is 1. The van der Waals surface area contributed by atoms with E-state index in [2.05, 4.69) is 31.0 Å². The molecule has 0 saturated heterocycles. The summed E-state index contributed by atoms with van der Waals surface area (Å²) in [4.78, 5) is 12.8. The minimum absolute atomic E-state index is 0.228. The first kappa shape index (κ1) is 23.0. The van der Waals surface area contributed by atoms with E-state index in [0.29, 0.717) is 23.0 Å². The Morgan fingerprint density at radius 3 is 2.19 bits per heavy atom. The molecule has 9 heteroatoms. The molecule has 0 atom stereocenters. The SMILES string of the molecule is Cc1nn(-c2ccc(Nc3ccc(NC(=O)c4cc(-c5ccccc5)nn4C)cc3)nn2)c(C)c1C. The van der Waals surface area contributed by atoms with Crippen molar-refractivity contribution in [3.63, 3.8) is 0 Å². The van der Waals surface area contributed by atoms with Gasteiger partial charge in [-0.1, -0.05) is 30.3 Å². The summed E-state index contributed by atoms with van der Waals surface area (Å²) in [6.45, 7) is 6.04. The second-order valence-corrected chi connectivity index (χ2v) is 8.55. The predicted octanol–water partition coefficient (Wildman–Crippen LogP) is 4.98. The highest BCUT2D eigenvalue weighted by Crippen LogP contribution is 2.21. The fourth-order valence-electron chi connectivity index (χ4n) is 3.86. The number of nitrogens with zero attached hydrogens (tertiary/aromatic N) is 6. The van der Waals surface area contributed by atoms with Gasteiger partial charge < -0.3 is 10.6 Å². The standard InChI is InChI=1S/C27H26N8O/c1-17-18(2)32-35(19(17)3)26-15-14-25(30-31-26)28-21-10-12-22(13-11-21)29-27(36)24-16-23(33-34(24)4)20-8-6-5-7-9-20/h5-16H,1-4H3,(H,28,30)(H,29,36). The Balaban J connectivity index is 1.24. The maximum absolute atomic E-state index is 12.8. The van der Waals surface area contributed by atoms with Crippen LogP contribution in [0, 0.1) is 20.8 Å². The first-order valence-corrected chi connectivity index (χ1v) is 11.5. The summed E-state index contributed by atoms with van der Waals surface area (Å²) in [6, 6.07) is 22.7. The lowest BCUT2D eigenvalue weighted by molar-refractivity contribution is 0.101. The monoisotopic (exact) mass is 478 g/mol. The van der Waals surface area contributed by atoms with E-state index in [9.17, 15) is 4.79 Å². The highest BCUT2D eigenvalue weighted by Gasteiger charge is 2.15. The molecule has 0 fully saturated rings. The van der Waals surface area contributed by atoms with Crippen LogP contribution in [0.25, 0.3) is 17.1 Å². The summed E-state index contributed by atoms with van der Waals surface area (Å²) in [5.74, 6) is 1.05. The molecule has 0 unspecified atom stereocenters. The van der Waals surface area contributed by atoms with Crippen molar-refractivity contribution in [1.82, 2.24) is 29.8 Å². The van der Waals surface area contributed by atoms with Crippen LogP contribution in [0.1, 0.15) is 27.4 Å². The van der Waals surface area contributed by atoms with E-state index in [1.54, 1.807) is 22.5 Å². The first-order valence-electron chi connectivity index (χ1n) is 11.5. The molecule has 3 aromatic heterocycles. The van der Waals surface area contributed by atoms with Crippen molar-refractivity contribution in [2.24, 2.45) is 7.05 Å². The van der Waals surface area contributed by atoms with Crippen LogP contribution in [0.5, 0.6) is 0 Å². The third-order valence-electron chi connectivity index (χ3n) is 6.12. The van der Waals surface area contributed by atoms with Crippen molar-refractivity contribution in [3.8, 4) is 17.1 Å². The van der Waals surface area contributed by atoms with Crippen molar-refractivity contribution >= 4 is 23.1 Å². The van der Waals surface area contributed by atoms with E-state index in [0.717, 1.165) is 33.9 Å². The summed E-state index contributed by atoms with van der Waals surface area (Å²) >= 11 is 0. The Morgan fingerprint density at radius 1 is 0.833 bits per heavy atom. The second-order valence-electron chi connectivity index (χ2n) is 8.55. The van der Waals surface area contributed by atoms with Gasteiger partial charge in [-0.3, -0.25) is 9.48 Å². The van der Waals surface area contributed by atoms with Gasteiger partial charge >= 0.3 is 0 Å². The van der Waals surface area contributed by atoms with Crippen LogP contribution >= 0.6 is 0 Å². The van der Waals surface area contributed by atoms with Gasteiger partial charge in [0, 0.05) is 29.7 Å². The Morgan fingerprint density at radius 2 is 1.56 bits per heavy atom. The lowest BCUT2D eigenvalue weighted by Crippen LogP contribution is -2.16. The summed E-state index contributed by atoms with van der Waals surface area (Å²) in [6.07, 6.45) is 0. The van der Waals surface area contributed by atoms with Gasteiger partial charge in [-0.25, -0.2) is 4.68 Å². The molecule has 0 spiro atoms. The lowest BCUT2D eigenvalue weighted by atomic mass is 10.1. The Bertz CT molecular complexity index is 1520. The van der Waals surface area contributed by atoms with Gasteiger partial charge in [0.05, 0.1) is 11.4 Å². The van der Waals surface area contributed by atoms with E-state index in [4.69, 9.17) is 0 Å². The summed E-state index contributed by atoms with van der Waals surface area (Å²) in [5.41, 5.74) is 6.85. The van der Waals surface area contributed by atoms with Gasteiger partial charge in [-0.05, 0) is 68.8 Å². The zero-order valence-corrected chi connectivity index (χ0v) is 20.5. The number of aromatic nitrogens is 6. The zero-order chi connectivity index (χ0) is 25.2. The molecule has 2 N–H and O–H groups in total. The fraction of sp³-hybridized carbons (Fsp3) is 0.148. The average Bonchev–Trinajstić information content (AvgIpc) is 3.41. The second kappa shape index (κ2) is 9.46. The molecule has 0 aliphatic carbocycles. The van der Waals surface area contributed by atoms with Crippen molar-refractivity contribution in [2.45, 2.75) is 20.8 Å². The van der Waals surface area contributed by atoms with Crippen LogP contribution in [0.15, 0.2) is 72.8 Å². The van der Waals surface area contributed by atoms with E-state index < -0.39 is 0 Å². The van der Waals surface area contributed by atoms with Crippen molar-refractivity contribution in [2.75, 3.05) is 10.6 Å². The number of nitrogens with one attached hydrogen (secondary N) is 2. The van der Waals surface area contributed by atoms with E-state index in [1.807, 2.05) is 87.5 Å². The highest BCUT2D eigenvalue weighted by molar-refractivity contribution is 6.03. The van der Waals surface area contributed by atoms with Crippen LogP contribution in [-0.2, 0) is 7.05 Å². The number of amides is 1. The molecule has 1 amide bonds. The summed E-state index contributed by atoms with van der Waals surface area (Å²) in [7, 11) is 1.76. The molecule has 9 nitrogen and oxygen atoms in total. The van der Waals surface area contributed by atoms with Crippen LogP contribution in [0.3, 0.4) is 0 Å². The van der Waals surface area contributed by atoms with Gasteiger partial charge in [0.1, 0.15) is 5.69 Å². The van der Waals surface area contributed by atoms with Gasteiger partial charge in [-0.2, -0.15) is 10.2 Å². The molecule has 5 rings (SSSR count). The summed E-state index contributed by atoms with van der Waals surface area (Å²) in [5, 5.41) is 23.7. The molecule has 5 aromatic rings. The molecular formula is C27H26N8O. The highest BCUT2D eigenvalue weighted by atomic mass is 16.2. The summed E-state index contributed by atoms with van der Waals surface area (Å²) < 4.78 is 3.38. The number of carbonyl (C=O) groups is 1. The molecule has 2 aromatic carbocycles. The largest absolute Gasteiger partial charge is 0.339 e. The molecule has 0 bridgehead atoms. The van der Waals surface area contributed by atoms with Crippen LogP contribution in [0.2, 0.25) is 0 Å². The molecule has 0 radical (unpaired) electrons. The maximum atomic E-state index is 12.8. The number of hydrogen-bond acceptors (Lipinski definition) is 6. The molecule has 3 heterocycles. The predicted molar refractivity (Wildman–Crippen MR) is 140 cm³/mol. The fourth-order valence-corrected chi connectivity index (χ4v) is 3.86. The van der Waals surface area contributed by atoms with Gasteiger partial charge in [0.25, 0.3) is 5.91 Å². The Kier molecular flexibility index (Phi) is 6.03. The van der Waals surface area contributed by atoms with Crippen molar-refractivity contribution in [1.29, 1.82) is 0 Å². The first-order chi connectivity index (χ1) is 17.4. The number of hydrogen-bond donors (Lipinski definition) is 2. The van der Waals surface area contributed by atoms with E-state index in [-0.39, 0.29) is 5.91 Å². The third kappa shape index (κ3) is 4.58. The maximum Gasteiger partial charge on any atom is 0.273 e. The van der Waals surface area contributed by atoms with E-state index in [1.165, 1.54) is 0 Å². The zero-order valence-electron chi connectivity index (χ0n) is 20.5. The van der Waals surface area contributed by atoms with Crippen molar-refractivity contribution in [3.05, 3.63) is 95.4 Å². The van der Waals surface area contributed by atoms with Gasteiger partial charge in [0.2, 0.25) is 0 Å². The third-order valence-corrected chi connectivity index (χ3v) is 6.12. The Hall–Kier alpha value is -4.79. The van der Waals surface area contributed by atoms with Gasteiger partial charge in [0.15, 0.2) is 11.6 Å². The normalized spacial score (nSPS) is 10.9. The van der Waals surface area contributed by atoms with Gasteiger partial charge in [-0.15, -0.1) is 10.2 Å². The molecule has 0 aliphatic heterocycles. The topological polar surface area (TPSA) is 103 Å². The van der Waals surface area contributed by atoms with Crippen LogP contribution < -0.4 is 10.6 Å². The number of benzene rings is 2.